The van der Waals surface area contributed by atoms with Crippen LogP contribution in [0.2, 0.25) is 5.02 Å². The number of carbonyl (C=O) groups is 2. The van der Waals surface area contributed by atoms with Gasteiger partial charge in [0.1, 0.15) is 5.75 Å². The quantitative estimate of drug-likeness (QED) is 0.504. The van der Waals surface area contributed by atoms with Gasteiger partial charge < -0.3 is 14.8 Å². The van der Waals surface area contributed by atoms with Crippen molar-refractivity contribution >= 4 is 29.6 Å². The van der Waals surface area contributed by atoms with E-state index < -0.39 is 25.1 Å². The van der Waals surface area contributed by atoms with E-state index in [0.717, 1.165) is 11.1 Å². The molecule has 0 aliphatic rings. The van der Waals surface area contributed by atoms with Crippen molar-refractivity contribution in [3.05, 3.63) is 70.8 Å². The van der Waals surface area contributed by atoms with Gasteiger partial charge >= 0.3 is 12.6 Å². The number of carbonyl (C=O) groups excluding carboxylic acids is 2. The number of alkyl halides is 2. The molecule has 148 valence electrons. The maximum Gasteiger partial charge on any atom is 0.387 e. The van der Waals surface area contributed by atoms with Gasteiger partial charge in [0, 0.05) is 17.6 Å². The molecule has 2 aromatic carbocycles. The molecule has 0 saturated carbocycles. The summed E-state index contributed by atoms with van der Waals surface area (Å²) in [5.41, 5.74) is 1.61. The molecular weight excluding hydrogens is 392 g/mol. The highest BCUT2D eigenvalue weighted by Gasteiger charge is 2.06. The fourth-order valence-electron chi connectivity index (χ4n) is 2.16. The summed E-state index contributed by atoms with van der Waals surface area (Å²) in [7, 11) is 0. The minimum absolute atomic E-state index is 0.0707. The number of nitrogens with one attached hydrogen (secondary N) is 1. The monoisotopic (exact) mass is 409 g/mol. The first-order valence-electron chi connectivity index (χ1n) is 8.33. The molecule has 2 rings (SSSR count). The third-order valence-corrected chi connectivity index (χ3v) is 3.76. The van der Waals surface area contributed by atoms with Crippen LogP contribution in [0.1, 0.15) is 11.1 Å². The lowest BCUT2D eigenvalue weighted by Crippen LogP contribution is -2.30. The third-order valence-electron chi connectivity index (χ3n) is 3.51. The van der Waals surface area contributed by atoms with Crippen molar-refractivity contribution in [2.24, 2.45) is 0 Å². The van der Waals surface area contributed by atoms with Crippen LogP contribution in [-0.2, 0) is 20.7 Å². The normalized spacial score (nSPS) is 10.9. The van der Waals surface area contributed by atoms with Crippen molar-refractivity contribution in [3.63, 3.8) is 0 Å². The highest BCUT2D eigenvalue weighted by atomic mass is 35.5. The van der Waals surface area contributed by atoms with E-state index in [1.807, 2.05) is 0 Å². The molecule has 0 unspecified atom stereocenters. The zero-order valence-corrected chi connectivity index (χ0v) is 15.5. The first-order valence-corrected chi connectivity index (χ1v) is 8.71. The Morgan fingerprint density at radius 2 is 1.75 bits per heavy atom. The Morgan fingerprint density at radius 1 is 1.07 bits per heavy atom. The highest BCUT2D eigenvalue weighted by Crippen LogP contribution is 2.15. The minimum Gasteiger partial charge on any atom is -0.452 e. The van der Waals surface area contributed by atoms with Crippen LogP contribution >= 0.6 is 11.6 Å². The summed E-state index contributed by atoms with van der Waals surface area (Å²) in [5, 5.41) is 3.20. The van der Waals surface area contributed by atoms with Crippen molar-refractivity contribution < 1.29 is 27.8 Å². The molecule has 0 aromatic heterocycles. The van der Waals surface area contributed by atoms with Gasteiger partial charge in [-0.05, 0) is 47.9 Å². The summed E-state index contributed by atoms with van der Waals surface area (Å²) in [6.07, 6.45) is 3.27. The summed E-state index contributed by atoms with van der Waals surface area (Å²) in [6.45, 7) is -2.95. The second kappa shape index (κ2) is 11.0. The number of ether oxygens (including phenoxy) is 2. The van der Waals surface area contributed by atoms with E-state index in [9.17, 15) is 18.4 Å². The molecule has 0 atom stereocenters. The zero-order chi connectivity index (χ0) is 20.4. The van der Waals surface area contributed by atoms with Crippen LogP contribution in [0, 0.1) is 0 Å². The van der Waals surface area contributed by atoms with Crippen LogP contribution in [0.3, 0.4) is 0 Å². The second-order valence-electron chi connectivity index (χ2n) is 5.62. The first-order chi connectivity index (χ1) is 13.4. The predicted octanol–water partition coefficient (Wildman–Crippen LogP) is 3.86. The second-order valence-corrected chi connectivity index (χ2v) is 6.05. The lowest BCUT2D eigenvalue weighted by atomic mass is 10.1. The fraction of sp³-hybridized carbons (Fsp3) is 0.200. The summed E-state index contributed by atoms with van der Waals surface area (Å²) in [5.74, 6) is -1.01. The molecule has 28 heavy (non-hydrogen) atoms. The number of esters is 1. The van der Waals surface area contributed by atoms with Crippen LogP contribution in [0.25, 0.3) is 6.08 Å². The van der Waals surface area contributed by atoms with E-state index in [2.05, 4.69) is 10.1 Å². The Labute approximate surface area is 165 Å². The summed E-state index contributed by atoms with van der Waals surface area (Å²) >= 11 is 5.77. The number of hydrogen-bond donors (Lipinski definition) is 1. The van der Waals surface area contributed by atoms with E-state index >= 15 is 0 Å². The topological polar surface area (TPSA) is 64.6 Å². The lowest BCUT2D eigenvalue weighted by molar-refractivity contribution is -0.143. The number of hydrogen-bond acceptors (Lipinski definition) is 4. The Bertz CT molecular complexity index is 808. The number of rotatable bonds is 9. The van der Waals surface area contributed by atoms with Gasteiger partial charge in [-0.1, -0.05) is 35.9 Å². The molecule has 5 nitrogen and oxygen atoms in total. The van der Waals surface area contributed by atoms with Gasteiger partial charge in [0.05, 0.1) is 0 Å². The molecule has 0 aliphatic carbocycles. The van der Waals surface area contributed by atoms with Crippen LogP contribution in [0.5, 0.6) is 5.75 Å². The lowest BCUT2D eigenvalue weighted by Gasteiger charge is -2.07. The van der Waals surface area contributed by atoms with Crippen LogP contribution in [0.4, 0.5) is 8.78 Å². The summed E-state index contributed by atoms with van der Waals surface area (Å²) < 4.78 is 33.3. The number of halogens is 3. The van der Waals surface area contributed by atoms with Crippen LogP contribution in [0.15, 0.2) is 54.6 Å². The molecule has 0 spiro atoms. The van der Waals surface area contributed by atoms with Gasteiger partial charge in [-0.3, -0.25) is 4.79 Å². The van der Waals surface area contributed by atoms with E-state index in [4.69, 9.17) is 16.3 Å². The average molecular weight is 410 g/mol. The van der Waals surface area contributed by atoms with E-state index in [1.165, 1.54) is 18.2 Å². The molecule has 0 fully saturated rings. The molecule has 0 bridgehead atoms. The molecule has 2 aromatic rings. The van der Waals surface area contributed by atoms with Crippen molar-refractivity contribution in [1.29, 1.82) is 0 Å². The van der Waals surface area contributed by atoms with Crippen molar-refractivity contribution in [3.8, 4) is 5.75 Å². The SMILES string of the molecule is O=C(COC(=O)/C=C/c1ccc(Cl)cc1)NCCc1ccc(OC(F)F)cc1. The van der Waals surface area contributed by atoms with Gasteiger partial charge in [-0.2, -0.15) is 8.78 Å². The van der Waals surface area contributed by atoms with Gasteiger partial charge in [0.15, 0.2) is 6.61 Å². The smallest absolute Gasteiger partial charge is 0.387 e. The molecule has 0 aliphatic heterocycles. The Balaban J connectivity index is 1.65. The molecule has 1 amide bonds. The molecule has 1 N–H and O–H groups in total. The maximum absolute atomic E-state index is 12.1. The van der Waals surface area contributed by atoms with Gasteiger partial charge in [-0.15, -0.1) is 0 Å². The largest absolute Gasteiger partial charge is 0.452 e. The number of amides is 1. The van der Waals surface area contributed by atoms with Gasteiger partial charge in [0.25, 0.3) is 5.91 Å². The standard InChI is InChI=1S/C20H18ClF2NO4/c21-16-6-1-14(2-7-16)5-10-19(26)27-13-18(25)24-12-11-15-3-8-17(9-4-15)28-20(22)23/h1-10,20H,11-13H2,(H,24,25)/b10-5+. The number of benzene rings is 2. The highest BCUT2D eigenvalue weighted by molar-refractivity contribution is 6.30. The maximum atomic E-state index is 12.1. The molecule has 0 saturated heterocycles. The van der Waals surface area contributed by atoms with E-state index in [0.29, 0.717) is 18.0 Å². The van der Waals surface area contributed by atoms with Crippen molar-refractivity contribution in [2.75, 3.05) is 13.2 Å². The Hall–Kier alpha value is -2.93. The zero-order valence-electron chi connectivity index (χ0n) is 14.7. The van der Waals surface area contributed by atoms with Gasteiger partial charge in [-0.25, -0.2) is 4.79 Å². The third kappa shape index (κ3) is 8.18. The summed E-state index contributed by atoms with van der Waals surface area (Å²) in [6, 6.07) is 13.0. The van der Waals surface area contributed by atoms with Crippen molar-refractivity contribution in [1.82, 2.24) is 5.32 Å². The molecule has 0 radical (unpaired) electrons. The van der Waals surface area contributed by atoms with Gasteiger partial charge in [0.2, 0.25) is 0 Å². The van der Waals surface area contributed by atoms with Crippen LogP contribution < -0.4 is 10.1 Å². The van der Waals surface area contributed by atoms with E-state index in [1.54, 1.807) is 42.5 Å². The van der Waals surface area contributed by atoms with Crippen LogP contribution in [-0.4, -0.2) is 31.6 Å². The molecule has 0 heterocycles. The molecular formula is C20H18ClF2NO4. The molecule has 8 heteroatoms. The predicted molar refractivity (Wildman–Crippen MR) is 101 cm³/mol. The van der Waals surface area contributed by atoms with E-state index in [-0.39, 0.29) is 5.75 Å². The first kappa shape index (κ1) is 21.4. The minimum atomic E-state index is -2.87. The Morgan fingerprint density at radius 3 is 2.39 bits per heavy atom. The fourth-order valence-corrected chi connectivity index (χ4v) is 2.28. The average Bonchev–Trinajstić information content (AvgIpc) is 2.67. The summed E-state index contributed by atoms with van der Waals surface area (Å²) in [4.78, 5) is 23.3. The Kier molecular flexibility index (Phi) is 8.42. The van der Waals surface area contributed by atoms with Crippen molar-refractivity contribution in [2.45, 2.75) is 13.0 Å².